The maximum Gasteiger partial charge on any atom is 0.221 e. The molecule has 16 heteroatoms. The number of azo groups is 1. The smallest absolute Gasteiger partial charge is 0.221 e. The Labute approximate surface area is 364 Å². The van der Waals surface area contributed by atoms with Gasteiger partial charge in [0.2, 0.25) is 17.5 Å². The molecular weight excluding hydrogens is 805 g/mol. The molecule has 15 nitrogen and oxygen atoms in total. The number of benzene rings is 4. The van der Waals surface area contributed by atoms with Crippen molar-refractivity contribution in [2.45, 2.75) is 92.5 Å². The van der Waals surface area contributed by atoms with Crippen LogP contribution in [-0.4, -0.2) is 47.7 Å². The molecule has 5 N–H and O–H groups in total. The summed E-state index contributed by atoms with van der Waals surface area (Å²) >= 11 is 1.21. The number of aromatic hydroxyl groups is 1. The van der Waals surface area contributed by atoms with Crippen molar-refractivity contribution >= 4 is 67.6 Å². The minimum Gasteiger partial charge on any atom is -0.504 e. The maximum atomic E-state index is 11.7. The van der Waals surface area contributed by atoms with Crippen LogP contribution in [0.2, 0.25) is 0 Å². The highest BCUT2D eigenvalue weighted by molar-refractivity contribution is 7.11. The van der Waals surface area contributed by atoms with Gasteiger partial charge in [0.1, 0.15) is 11.5 Å². The van der Waals surface area contributed by atoms with Gasteiger partial charge in [0, 0.05) is 19.2 Å². The number of phenolic OH excluding ortho intramolecular Hbond substituents is 1. The number of aryl methyl sites for hydroxylation is 2. The van der Waals surface area contributed by atoms with E-state index >= 15 is 0 Å². The number of aromatic amines is 1. The number of unbranched alkanes of at least 4 members (excludes halogenated alkanes) is 5. The van der Waals surface area contributed by atoms with Gasteiger partial charge in [0.15, 0.2) is 22.3 Å². The van der Waals surface area contributed by atoms with Gasteiger partial charge in [0.05, 0.1) is 46.6 Å². The first-order chi connectivity index (χ1) is 29.9. The van der Waals surface area contributed by atoms with E-state index in [2.05, 4.69) is 78.8 Å². The van der Waals surface area contributed by atoms with Gasteiger partial charge in [-0.05, 0) is 110 Å². The third-order valence-electron chi connectivity index (χ3n) is 10.2. The Morgan fingerprint density at radius 1 is 0.855 bits per heavy atom. The van der Waals surface area contributed by atoms with Crippen molar-refractivity contribution in [3.05, 3.63) is 101 Å². The van der Waals surface area contributed by atoms with Crippen molar-refractivity contribution in [1.29, 1.82) is 0 Å². The van der Waals surface area contributed by atoms with Crippen LogP contribution in [-0.2, 0) is 16.0 Å². The zero-order chi connectivity index (χ0) is 43.8. The Bertz CT molecular complexity index is 2680. The molecule has 0 aliphatic rings. The molecule has 0 bridgehead atoms. The van der Waals surface area contributed by atoms with Crippen molar-refractivity contribution in [2.75, 3.05) is 22.6 Å². The van der Waals surface area contributed by atoms with Crippen LogP contribution in [0.4, 0.5) is 27.8 Å². The van der Waals surface area contributed by atoms with Gasteiger partial charge in [-0.25, -0.2) is 4.52 Å². The summed E-state index contributed by atoms with van der Waals surface area (Å²) in [7, 11) is 0. The predicted molar refractivity (Wildman–Crippen MR) is 244 cm³/mol. The summed E-state index contributed by atoms with van der Waals surface area (Å²) in [6.07, 6.45) is 7.92. The van der Waals surface area contributed by atoms with E-state index in [-0.39, 0.29) is 35.0 Å². The van der Waals surface area contributed by atoms with Gasteiger partial charge in [-0.2, -0.15) is 4.37 Å². The number of nitrogens with zero attached hydrogens (tertiary/aromatic N) is 6. The fraction of sp³-hybridized carbons (Fsp3) is 0.326. The Morgan fingerprint density at radius 3 is 2.29 bits per heavy atom. The van der Waals surface area contributed by atoms with Gasteiger partial charge >= 0.3 is 0 Å². The monoisotopic (exact) mass is 856 g/mol. The minimum atomic E-state index is -0.388. The molecule has 0 spiro atoms. The molecule has 0 saturated heterocycles. The van der Waals surface area contributed by atoms with Crippen molar-refractivity contribution in [1.82, 2.24) is 24.2 Å². The molecule has 0 aliphatic carbocycles. The quantitative estimate of drug-likeness (QED) is 0.0299. The van der Waals surface area contributed by atoms with Gasteiger partial charge in [-0.1, -0.05) is 63.3 Å². The molecule has 3 heterocycles. The van der Waals surface area contributed by atoms with Gasteiger partial charge in [-0.15, -0.1) is 20.4 Å². The Hall–Kier alpha value is -6.81. The molecule has 7 aromatic rings. The van der Waals surface area contributed by atoms with Crippen molar-refractivity contribution in [3.8, 4) is 23.0 Å². The average Bonchev–Trinajstić information content (AvgIpc) is 3.93. The highest BCUT2D eigenvalue weighted by atomic mass is 32.1. The SMILES string of the molecule is CCCCCCCCOc1ccc(C)cc1NC(C)c1nnc2c(Oc3ccc(Cc4ccc5nsc(N=Nc6cc(NC(C)=O)c(O)c(NC(C)=O)c6)c5c4)cc3)c(C)[nH]n12. The largest absolute Gasteiger partial charge is 0.504 e. The fourth-order valence-electron chi connectivity index (χ4n) is 7.12. The Balaban J connectivity index is 1.01. The molecule has 0 aliphatic heterocycles. The molecule has 322 valence electrons. The van der Waals surface area contributed by atoms with Crippen LogP contribution in [0.15, 0.2) is 83.0 Å². The second-order valence-corrected chi connectivity index (χ2v) is 16.2. The number of phenols is 1. The average molecular weight is 857 g/mol. The van der Waals surface area contributed by atoms with Gasteiger partial charge in [0.25, 0.3) is 0 Å². The number of amides is 2. The molecule has 4 aromatic carbocycles. The second-order valence-electron chi connectivity index (χ2n) is 15.5. The number of nitrogens with one attached hydrogen (secondary N) is 4. The molecule has 1 atom stereocenters. The molecule has 0 saturated carbocycles. The number of fused-ring (bicyclic) bond motifs is 2. The molecule has 7 rings (SSSR count). The van der Waals surface area contributed by atoms with Crippen LogP contribution in [0.25, 0.3) is 16.6 Å². The number of hydrogen-bond donors (Lipinski definition) is 5. The summed E-state index contributed by atoms with van der Waals surface area (Å²) in [5, 5.41) is 41.9. The number of ether oxygens (including phenoxy) is 2. The number of carbonyl (C=O) groups excluding carboxylic acids is 2. The summed E-state index contributed by atoms with van der Waals surface area (Å²) in [4.78, 5) is 23.5. The lowest BCUT2D eigenvalue weighted by molar-refractivity contribution is -0.115. The molecule has 62 heavy (non-hydrogen) atoms. The van der Waals surface area contributed by atoms with Crippen LogP contribution in [0, 0.1) is 13.8 Å². The van der Waals surface area contributed by atoms with Crippen LogP contribution in [0.5, 0.6) is 23.0 Å². The van der Waals surface area contributed by atoms with E-state index in [0.29, 0.717) is 46.7 Å². The number of anilines is 3. The van der Waals surface area contributed by atoms with E-state index < -0.39 is 0 Å². The highest BCUT2D eigenvalue weighted by Gasteiger charge is 2.22. The van der Waals surface area contributed by atoms with E-state index in [4.69, 9.17) is 9.47 Å². The molecule has 0 radical (unpaired) electrons. The van der Waals surface area contributed by atoms with E-state index in [9.17, 15) is 14.7 Å². The number of carbonyl (C=O) groups is 2. The first kappa shape index (κ1) is 43.3. The molecule has 1 unspecified atom stereocenters. The van der Waals surface area contributed by atoms with E-state index in [1.165, 1.54) is 69.6 Å². The number of H-pyrrole nitrogens is 1. The fourth-order valence-corrected chi connectivity index (χ4v) is 7.81. The zero-order valence-corrected chi connectivity index (χ0v) is 36.7. The van der Waals surface area contributed by atoms with E-state index in [1.54, 1.807) is 0 Å². The number of rotatable bonds is 19. The van der Waals surface area contributed by atoms with Crippen molar-refractivity contribution in [3.63, 3.8) is 0 Å². The van der Waals surface area contributed by atoms with Crippen molar-refractivity contribution in [2.24, 2.45) is 10.2 Å². The lowest BCUT2D eigenvalue weighted by Crippen LogP contribution is -2.12. The summed E-state index contributed by atoms with van der Waals surface area (Å²) in [5.74, 6) is 1.75. The van der Waals surface area contributed by atoms with E-state index in [1.807, 2.05) is 60.0 Å². The number of aromatic nitrogens is 5. The predicted octanol–water partition coefficient (Wildman–Crippen LogP) is 11.6. The number of hydrogen-bond acceptors (Lipinski definition) is 12. The molecular formula is C46H52N10O5S. The summed E-state index contributed by atoms with van der Waals surface area (Å²) < 4.78 is 19.0. The van der Waals surface area contributed by atoms with Crippen LogP contribution < -0.4 is 25.4 Å². The highest BCUT2D eigenvalue weighted by Crippen LogP contribution is 2.39. The minimum absolute atomic E-state index is 0.102. The van der Waals surface area contributed by atoms with Gasteiger partial charge in [-0.3, -0.25) is 14.7 Å². The van der Waals surface area contributed by atoms with Crippen LogP contribution >= 0.6 is 11.5 Å². The lowest BCUT2D eigenvalue weighted by Gasteiger charge is -2.18. The van der Waals surface area contributed by atoms with Crippen molar-refractivity contribution < 1.29 is 24.2 Å². The van der Waals surface area contributed by atoms with Crippen LogP contribution in [0.1, 0.15) is 100 Å². The Kier molecular flexibility index (Phi) is 13.8. The van der Waals surface area contributed by atoms with Gasteiger partial charge < -0.3 is 30.5 Å². The first-order valence-electron chi connectivity index (χ1n) is 20.9. The molecule has 3 aromatic heterocycles. The molecule has 0 fully saturated rings. The summed E-state index contributed by atoms with van der Waals surface area (Å²) in [6.45, 7) is 11.6. The summed E-state index contributed by atoms with van der Waals surface area (Å²) in [6, 6.07) is 23.0. The standard InChI is InChI=1S/C46H52N10O5S/c1-7-8-9-10-11-12-21-60-41-20-13-27(2)22-38(41)47-29(4)44-51-52-45-43(28(3)54-56(44)45)61-35-17-14-32(15-18-35)23-33-16-19-37-36(24-33)46(62-55-37)53-50-34-25-39(48-30(5)57)42(59)40(26-34)49-31(6)58/h13-20,22,24-26,29,47,54,59H,7-12,21,23H2,1-6H3,(H,48,57)(H,49,58). The maximum absolute atomic E-state index is 11.7. The Morgan fingerprint density at radius 2 is 1.56 bits per heavy atom. The first-order valence-corrected chi connectivity index (χ1v) is 21.7. The normalized spacial score (nSPS) is 12.0. The summed E-state index contributed by atoms with van der Waals surface area (Å²) in [5.41, 5.74) is 6.91. The molecule has 2 amide bonds. The topological polar surface area (TPSA) is 193 Å². The van der Waals surface area contributed by atoms with Crippen LogP contribution in [0.3, 0.4) is 0 Å². The zero-order valence-electron chi connectivity index (χ0n) is 35.8. The third kappa shape index (κ3) is 10.5. The van der Waals surface area contributed by atoms with E-state index in [0.717, 1.165) is 51.1 Å². The lowest BCUT2D eigenvalue weighted by atomic mass is 10.0. The second kappa shape index (κ2) is 19.7. The third-order valence-corrected chi connectivity index (χ3v) is 11.0.